The van der Waals surface area contributed by atoms with E-state index in [1.54, 1.807) is 0 Å². The fraction of sp³-hybridized carbons (Fsp3) is 0.176. The summed E-state index contributed by atoms with van der Waals surface area (Å²) in [7, 11) is 2.01. The summed E-state index contributed by atoms with van der Waals surface area (Å²) in [5, 5.41) is 5.53. The van der Waals surface area contributed by atoms with E-state index in [9.17, 15) is 0 Å². The molecular formula is C17H16ClNS. The molecule has 0 spiro atoms. The van der Waals surface area contributed by atoms with E-state index >= 15 is 0 Å². The van der Waals surface area contributed by atoms with Crippen molar-refractivity contribution >= 4 is 33.0 Å². The van der Waals surface area contributed by atoms with Gasteiger partial charge in [0.1, 0.15) is 0 Å². The Morgan fingerprint density at radius 3 is 2.70 bits per heavy atom. The molecule has 1 unspecified atom stereocenters. The molecule has 1 atom stereocenters. The van der Waals surface area contributed by atoms with Gasteiger partial charge < -0.3 is 5.32 Å². The van der Waals surface area contributed by atoms with Gasteiger partial charge in [0.15, 0.2) is 0 Å². The van der Waals surface area contributed by atoms with Crippen LogP contribution in [0.3, 0.4) is 0 Å². The van der Waals surface area contributed by atoms with Crippen LogP contribution in [-0.2, 0) is 6.42 Å². The van der Waals surface area contributed by atoms with Gasteiger partial charge in [0.2, 0.25) is 0 Å². The predicted molar refractivity (Wildman–Crippen MR) is 88.8 cm³/mol. The number of thiophene rings is 1. The van der Waals surface area contributed by atoms with Gasteiger partial charge in [-0.05, 0) is 48.7 Å². The third kappa shape index (κ3) is 2.88. The molecule has 102 valence electrons. The molecule has 0 saturated heterocycles. The average molecular weight is 302 g/mol. The maximum absolute atomic E-state index is 6.06. The minimum atomic E-state index is 0.325. The van der Waals surface area contributed by atoms with Crippen molar-refractivity contribution in [3.8, 4) is 0 Å². The molecule has 2 aromatic carbocycles. The smallest absolute Gasteiger partial charge is 0.0453 e. The molecule has 1 heterocycles. The third-order valence-corrected chi connectivity index (χ3v) is 4.93. The summed E-state index contributed by atoms with van der Waals surface area (Å²) in [6, 6.07) is 19.2. The van der Waals surface area contributed by atoms with Gasteiger partial charge in [-0.1, -0.05) is 41.9 Å². The van der Waals surface area contributed by atoms with Gasteiger partial charge >= 0.3 is 0 Å². The summed E-state index contributed by atoms with van der Waals surface area (Å²) in [5.74, 6) is 0. The maximum Gasteiger partial charge on any atom is 0.0453 e. The molecule has 1 nitrogen and oxygen atoms in total. The van der Waals surface area contributed by atoms with E-state index in [1.165, 1.54) is 20.5 Å². The van der Waals surface area contributed by atoms with Crippen LogP contribution in [0.2, 0.25) is 5.02 Å². The molecule has 3 rings (SSSR count). The third-order valence-electron chi connectivity index (χ3n) is 3.47. The largest absolute Gasteiger partial charge is 0.312 e. The molecule has 0 bridgehead atoms. The lowest BCUT2D eigenvalue weighted by Crippen LogP contribution is -2.17. The van der Waals surface area contributed by atoms with Crippen LogP contribution >= 0.6 is 22.9 Å². The summed E-state index contributed by atoms with van der Waals surface area (Å²) < 4.78 is 1.34. The normalized spacial score (nSPS) is 12.7. The highest BCUT2D eigenvalue weighted by molar-refractivity contribution is 7.19. The van der Waals surface area contributed by atoms with Crippen LogP contribution in [0.1, 0.15) is 16.5 Å². The van der Waals surface area contributed by atoms with E-state index in [2.05, 4.69) is 41.7 Å². The highest BCUT2D eigenvalue weighted by atomic mass is 35.5. The zero-order valence-electron chi connectivity index (χ0n) is 11.3. The van der Waals surface area contributed by atoms with Gasteiger partial charge in [-0.25, -0.2) is 0 Å². The molecule has 1 N–H and O–H groups in total. The first kappa shape index (κ1) is 13.6. The van der Waals surface area contributed by atoms with Gasteiger partial charge in [-0.2, -0.15) is 0 Å². The monoisotopic (exact) mass is 301 g/mol. The fourth-order valence-corrected chi connectivity index (χ4v) is 3.81. The standard InChI is InChI=1S/C17H16ClNS/c1-19-15(10-12-5-4-7-14(18)9-12)17-11-13-6-2-3-8-16(13)20-17/h2-9,11,15,19H,10H2,1H3. The van der Waals surface area contributed by atoms with Crippen molar-refractivity contribution in [3.05, 3.63) is 70.1 Å². The van der Waals surface area contributed by atoms with Crippen LogP contribution in [0.25, 0.3) is 10.1 Å². The average Bonchev–Trinajstić information content (AvgIpc) is 2.88. The number of hydrogen-bond acceptors (Lipinski definition) is 2. The zero-order valence-corrected chi connectivity index (χ0v) is 12.8. The number of halogens is 1. The quantitative estimate of drug-likeness (QED) is 0.710. The lowest BCUT2D eigenvalue weighted by Gasteiger charge is -2.14. The summed E-state index contributed by atoms with van der Waals surface area (Å²) in [6.45, 7) is 0. The molecule has 3 heteroatoms. The molecule has 20 heavy (non-hydrogen) atoms. The topological polar surface area (TPSA) is 12.0 Å². The Hall–Kier alpha value is -1.35. The molecular weight excluding hydrogens is 286 g/mol. The van der Waals surface area contributed by atoms with E-state index in [4.69, 9.17) is 11.6 Å². The second-order valence-electron chi connectivity index (χ2n) is 4.86. The minimum absolute atomic E-state index is 0.325. The van der Waals surface area contributed by atoms with Gasteiger partial charge in [0.25, 0.3) is 0 Å². The molecule has 0 amide bonds. The molecule has 0 aliphatic rings. The number of benzene rings is 2. The van der Waals surface area contributed by atoms with E-state index in [0.29, 0.717) is 6.04 Å². The predicted octanol–water partition coefficient (Wildman–Crippen LogP) is 5.06. The van der Waals surface area contributed by atoms with Gasteiger partial charge in [0.05, 0.1) is 0 Å². The Kier molecular flexibility index (Phi) is 4.06. The second-order valence-corrected chi connectivity index (χ2v) is 6.41. The molecule has 0 radical (unpaired) electrons. The van der Waals surface area contributed by atoms with E-state index in [1.807, 2.05) is 36.6 Å². The maximum atomic E-state index is 6.06. The van der Waals surface area contributed by atoms with Crippen molar-refractivity contribution in [2.24, 2.45) is 0 Å². The lowest BCUT2D eigenvalue weighted by atomic mass is 10.0. The van der Waals surface area contributed by atoms with Crippen LogP contribution in [0.15, 0.2) is 54.6 Å². The van der Waals surface area contributed by atoms with Crippen molar-refractivity contribution in [2.75, 3.05) is 7.05 Å². The SMILES string of the molecule is CNC(Cc1cccc(Cl)c1)c1cc2ccccc2s1. The number of fused-ring (bicyclic) bond motifs is 1. The summed E-state index contributed by atoms with van der Waals surface area (Å²) >= 11 is 7.92. The molecule has 0 saturated carbocycles. The first-order chi connectivity index (χ1) is 9.76. The van der Waals surface area contributed by atoms with Crippen LogP contribution in [0.5, 0.6) is 0 Å². The highest BCUT2D eigenvalue weighted by Crippen LogP contribution is 2.31. The van der Waals surface area contributed by atoms with Crippen molar-refractivity contribution in [1.29, 1.82) is 0 Å². The van der Waals surface area contributed by atoms with Crippen molar-refractivity contribution in [2.45, 2.75) is 12.5 Å². The van der Waals surface area contributed by atoms with Crippen LogP contribution in [0.4, 0.5) is 0 Å². The zero-order chi connectivity index (χ0) is 13.9. The number of likely N-dealkylation sites (N-methyl/N-ethyl adjacent to an activating group) is 1. The van der Waals surface area contributed by atoms with Crippen molar-refractivity contribution < 1.29 is 0 Å². The van der Waals surface area contributed by atoms with Gasteiger partial charge in [0, 0.05) is 20.6 Å². The van der Waals surface area contributed by atoms with Crippen LogP contribution in [-0.4, -0.2) is 7.05 Å². The molecule has 3 aromatic rings. The Balaban J connectivity index is 1.89. The number of nitrogens with one attached hydrogen (secondary N) is 1. The Labute approximate surface area is 128 Å². The summed E-state index contributed by atoms with van der Waals surface area (Å²) in [6.07, 6.45) is 0.948. The molecule has 0 aliphatic carbocycles. The lowest BCUT2D eigenvalue weighted by molar-refractivity contribution is 0.602. The van der Waals surface area contributed by atoms with Crippen LogP contribution in [0, 0.1) is 0 Å². The van der Waals surface area contributed by atoms with E-state index < -0.39 is 0 Å². The van der Waals surface area contributed by atoms with Gasteiger partial charge in [-0.15, -0.1) is 11.3 Å². The molecule has 0 aliphatic heterocycles. The fourth-order valence-electron chi connectivity index (χ4n) is 2.42. The van der Waals surface area contributed by atoms with Crippen molar-refractivity contribution in [1.82, 2.24) is 5.32 Å². The summed E-state index contributed by atoms with van der Waals surface area (Å²) in [5.41, 5.74) is 1.26. The minimum Gasteiger partial charge on any atom is -0.312 e. The summed E-state index contributed by atoms with van der Waals surface area (Å²) in [4.78, 5) is 1.37. The molecule has 0 fully saturated rings. The van der Waals surface area contributed by atoms with Gasteiger partial charge in [-0.3, -0.25) is 0 Å². The number of hydrogen-bond donors (Lipinski definition) is 1. The molecule has 1 aromatic heterocycles. The van der Waals surface area contributed by atoms with Crippen molar-refractivity contribution in [3.63, 3.8) is 0 Å². The highest BCUT2D eigenvalue weighted by Gasteiger charge is 2.13. The van der Waals surface area contributed by atoms with Crippen LogP contribution < -0.4 is 5.32 Å². The first-order valence-corrected chi connectivity index (χ1v) is 7.86. The first-order valence-electron chi connectivity index (χ1n) is 6.66. The van der Waals surface area contributed by atoms with E-state index in [0.717, 1.165) is 11.4 Å². The Morgan fingerprint density at radius 2 is 1.95 bits per heavy atom. The van der Waals surface area contributed by atoms with E-state index in [-0.39, 0.29) is 0 Å². The number of rotatable bonds is 4. The Bertz CT molecular complexity index is 687. The Morgan fingerprint density at radius 1 is 1.10 bits per heavy atom. The second kappa shape index (κ2) is 5.96.